The standard InChI is InChI=1S/C32H25F21N2O2/c1-2-3-4-5-6-7-16-57-22(56)21(17-54)18-12-14-55(15-13-18)20-10-8-19(9-11-20)23(33,34)24(35,36)25(37,38)26(39,40)27(41,42)28(43,44)29(45,46)30(47,48)31(49,50)32(51,52)53/h8-15H,2-7,16H2,1H3. The molecule has 25 heteroatoms. The van der Waals surface area contributed by atoms with Crippen LogP contribution in [0.15, 0.2) is 60.0 Å². The fourth-order valence-electron chi connectivity index (χ4n) is 4.70. The molecule has 0 saturated carbocycles. The number of anilines is 1. The summed E-state index contributed by atoms with van der Waals surface area (Å²) in [6.07, 6.45) is 1.02. The van der Waals surface area contributed by atoms with Crippen molar-refractivity contribution < 1.29 is 102 Å². The van der Waals surface area contributed by atoms with Crippen LogP contribution in [-0.2, 0) is 15.5 Å². The fourth-order valence-corrected chi connectivity index (χ4v) is 4.70. The molecule has 0 aromatic heterocycles. The summed E-state index contributed by atoms with van der Waals surface area (Å²) in [6.45, 7) is 1.96. The molecule has 0 radical (unpaired) electrons. The van der Waals surface area contributed by atoms with Gasteiger partial charge in [0.25, 0.3) is 0 Å². The van der Waals surface area contributed by atoms with E-state index in [2.05, 4.69) is 0 Å². The van der Waals surface area contributed by atoms with E-state index in [-0.39, 0.29) is 24.3 Å². The summed E-state index contributed by atoms with van der Waals surface area (Å²) in [5, 5.41) is 9.39. The molecule has 0 fully saturated rings. The lowest BCUT2D eigenvalue weighted by Gasteiger charge is -2.44. The molecule has 0 unspecified atom stereocenters. The fraction of sp³-hybridized carbons (Fsp3) is 0.562. The Morgan fingerprint density at radius 3 is 1.37 bits per heavy atom. The number of carbonyl (C=O) groups is 1. The lowest BCUT2D eigenvalue weighted by Crippen LogP contribution is -2.76. The molecule has 1 aliphatic rings. The van der Waals surface area contributed by atoms with E-state index in [0.717, 1.165) is 61.6 Å². The smallest absolute Gasteiger partial charge is 0.460 e. The van der Waals surface area contributed by atoms with Crippen LogP contribution in [0.2, 0.25) is 0 Å². The molecule has 1 aromatic carbocycles. The molecule has 57 heavy (non-hydrogen) atoms. The van der Waals surface area contributed by atoms with Gasteiger partial charge in [0.15, 0.2) is 0 Å². The summed E-state index contributed by atoms with van der Waals surface area (Å²) in [6, 6.07) is 1.69. The number of rotatable bonds is 18. The van der Waals surface area contributed by atoms with Gasteiger partial charge in [-0.15, -0.1) is 0 Å². The van der Waals surface area contributed by atoms with Crippen molar-refractivity contribution in [3.63, 3.8) is 0 Å². The van der Waals surface area contributed by atoms with Crippen LogP contribution in [0.25, 0.3) is 0 Å². The van der Waals surface area contributed by atoms with Crippen molar-refractivity contribution in [2.45, 2.75) is 105 Å². The Kier molecular flexibility index (Phi) is 13.9. The maximum Gasteiger partial charge on any atom is 0.460 e. The zero-order valence-electron chi connectivity index (χ0n) is 28.2. The van der Waals surface area contributed by atoms with E-state index >= 15 is 0 Å². The number of allylic oxidation sites excluding steroid dienone is 3. The van der Waals surface area contributed by atoms with Crippen LogP contribution in [-0.4, -0.2) is 66.1 Å². The molecule has 0 atom stereocenters. The Bertz CT molecular complexity index is 1710. The molecule has 322 valence electrons. The molecular weight excluding hydrogens is 843 g/mol. The van der Waals surface area contributed by atoms with Gasteiger partial charge in [-0.25, -0.2) is 4.79 Å². The number of alkyl halides is 21. The summed E-state index contributed by atoms with van der Waals surface area (Å²) in [4.78, 5) is 13.2. The lowest BCUT2D eigenvalue weighted by atomic mass is 9.85. The predicted molar refractivity (Wildman–Crippen MR) is 154 cm³/mol. The minimum atomic E-state index is -9.25. The number of nitriles is 1. The van der Waals surface area contributed by atoms with E-state index in [1.165, 1.54) is 0 Å². The summed E-state index contributed by atoms with van der Waals surface area (Å²) < 4.78 is 293. The van der Waals surface area contributed by atoms with Gasteiger partial charge in [0.05, 0.1) is 6.61 Å². The van der Waals surface area contributed by atoms with Gasteiger partial charge >= 0.3 is 65.4 Å². The van der Waals surface area contributed by atoms with Gasteiger partial charge in [0.2, 0.25) is 0 Å². The predicted octanol–water partition coefficient (Wildman–Crippen LogP) is 12.0. The van der Waals surface area contributed by atoms with Crippen molar-refractivity contribution in [2.75, 3.05) is 11.5 Å². The van der Waals surface area contributed by atoms with Crippen molar-refractivity contribution in [3.8, 4) is 6.07 Å². The highest BCUT2D eigenvalue weighted by molar-refractivity contribution is 5.95. The second kappa shape index (κ2) is 16.2. The van der Waals surface area contributed by atoms with Gasteiger partial charge in [-0.1, -0.05) is 51.2 Å². The molecule has 0 saturated heterocycles. The third kappa shape index (κ3) is 8.09. The average molecular weight is 869 g/mol. The highest BCUT2D eigenvalue weighted by Crippen LogP contribution is 2.67. The number of carbonyl (C=O) groups excluding carboxylic acids is 1. The van der Waals surface area contributed by atoms with Gasteiger partial charge in [-0.05, 0) is 30.7 Å². The van der Waals surface area contributed by atoms with Crippen LogP contribution in [0.5, 0.6) is 0 Å². The Morgan fingerprint density at radius 1 is 0.579 bits per heavy atom. The number of hydrogen-bond donors (Lipinski definition) is 0. The number of halogens is 21. The summed E-state index contributed by atoms with van der Waals surface area (Å²) in [7, 11) is 0. The number of hydrogen-bond acceptors (Lipinski definition) is 4. The van der Waals surface area contributed by atoms with Gasteiger partial charge in [0.1, 0.15) is 11.6 Å². The van der Waals surface area contributed by atoms with Crippen LogP contribution < -0.4 is 4.90 Å². The first-order valence-electron chi connectivity index (χ1n) is 15.7. The maximum absolute atomic E-state index is 14.8. The molecule has 4 nitrogen and oxygen atoms in total. The summed E-state index contributed by atoms with van der Waals surface area (Å²) >= 11 is 0. The Balaban J connectivity index is 2.39. The minimum Gasteiger partial charge on any atom is -0.462 e. The van der Waals surface area contributed by atoms with Crippen LogP contribution in [0, 0.1) is 11.3 Å². The number of ether oxygens (including phenoxy) is 1. The van der Waals surface area contributed by atoms with Gasteiger partial charge in [-0.2, -0.15) is 97.5 Å². The average Bonchev–Trinajstić information content (AvgIpc) is 3.10. The first-order chi connectivity index (χ1) is 25.6. The Morgan fingerprint density at radius 2 is 0.965 bits per heavy atom. The number of esters is 1. The van der Waals surface area contributed by atoms with Crippen molar-refractivity contribution in [1.82, 2.24) is 0 Å². The van der Waals surface area contributed by atoms with E-state index in [0.29, 0.717) is 18.6 Å². The van der Waals surface area contributed by atoms with Gasteiger partial charge in [0, 0.05) is 29.2 Å². The van der Waals surface area contributed by atoms with E-state index in [9.17, 15) is 102 Å². The molecule has 1 aliphatic heterocycles. The highest BCUT2D eigenvalue weighted by Gasteiger charge is 2.97. The summed E-state index contributed by atoms with van der Waals surface area (Å²) in [5.41, 5.74) is -3.54. The van der Waals surface area contributed by atoms with Crippen LogP contribution in [0.3, 0.4) is 0 Å². The largest absolute Gasteiger partial charge is 0.462 e. The van der Waals surface area contributed by atoms with E-state index < -0.39 is 82.3 Å². The van der Waals surface area contributed by atoms with E-state index in [4.69, 9.17) is 4.74 Å². The second-order valence-corrected chi connectivity index (χ2v) is 12.1. The SMILES string of the molecule is CCCCCCCCOC(=O)C(C#N)=C1C=CN(c2ccc(C(F)(F)C(F)(F)C(F)(F)C(F)(F)C(F)(F)C(F)(F)C(F)(F)C(F)(F)C(F)(F)C(F)(F)F)cc2)C=C1. The summed E-state index contributed by atoms with van der Waals surface area (Å²) in [5.74, 6) is -78.9. The second-order valence-electron chi connectivity index (χ2n) is 12.1. The van der Waals surface area contributed by atoms with Crippen molar-refractivity contribution in [2.24, 2.45) is 0 Å². The molecule has 0 N–H and O–H groups in total. The number of nitrogens with zero attached hydrogens (tertiary/aromatic N) is 2. The molecular formula is C32H25F21N2O2. The zero-order chi connectivity index (χ0) is 44.5. The normalized spacial score (nSPS) is 15.5. The van der Waals surface area contributed by atoms with E-state index in [1.807, 2.05) is 6.92 Å². The third-order valence-electron chi connectivity index (χ3n) is 8.20. The zero-order valence-corrected chi connectivity index (χ0v) is 28.2. The van der Waals surface area contributed by atoms with Gasteiger partial charge in [-0.3, -0.25) is 0 Å². The first-order valence-corrected chi connectivity index (χ1v) is 15.7. The minimum absolute atomic E-state index is 0.0425. The lowest BCUT2D eigenvalue weighted by molar-refractivity contribution is -0.474. The molecule has 0 aliphatic carbocycles. The third-order valence-corrected chi connectivity index (χ3v) is 8.20. The molecule has 0 bridgehead atoms. The van der Waals surface area contributed by atoms with Gasteiger partial charge < -0.3 is 9.64 Å². The van der Waals surface area contributed by atoms with Crippen LogP contribution >= 0.6 is 0 Å². The number of benzene rings is 1. The van der Waals surface area contributed by atoms with E-state index in [1.54, 1.807) is 6.07 Å². The monoisotopic (exact) mass is 868 g/mol. The van der Waals surface area contributed by atoms with Crippen molar-refractivity contribution >= 4 is 11.7 Å². The molecule has 0 amide bonds. The highest BCUT2D eigenvalue weighted by atomic mass is 19.4. The molecule has 2 rings (SSSR count). The number of unbranched alkanes of at least 4 members (excludes halogenated alkanes) is 5. The first kappa shape index (κ1) is 48.9. The molecule has 0 spiro atoms. The topological polar surface area (TPSA) is 53.3 Å². The maximum atomic E-state index is 14.8. The Hall–Kier alpha value is -4.27. The van der Waals surface area contributed by atoms with Crippen molar-refractivity contribution in [1.29, 1.82) is 5.26 Å². The molecule has 1 heterocycles. The van der Waals surface area contributed by atoms with Crippen molar-refractivity contribution in [3.05, 3.63) is 65.5 Å². The van der Waals surface area contributed by atoms with Crippen LogP contribution in [0.1, 0.15) is 51.0 Å². The molecule has 1 aromatic rings. The van der Waals surface area contributed by atoms with Crippen LogP contribution in [0.4, 0.5) is 97.9 Å². The Labute approximate surface area is 307 Å². The quantitative estimate of drug-likeness (QED) is 0.0485.